The Morgan fingerprint density at radius 3 is 2.33 bits per heavy atom. The van der Waals surface area contributed by atoms with E-state index in [0.717, 1.165) is 12.0 Å². The van der Waals surface area contributed by atoms with Crippen molar-refractivity contribution in [3.63, 3.8) is 0 Å². The second kappa shape index (κ2) is 3.72. The van der Waals surface area contributed by atoms with Crippen LogP contribution in [-0.2, 0) is 19.1 Å². The summed E-state index contributed by atoms with van der Waals surface area (Å²) in [6, 6.07) is -0.816. The molecule has 0 saturated heterocycles. The number of amides is 2. The van der Waals surface area contributed by atoms with Crippen LogP contribution in [0.5, 0.6) is 0 Å². The Labute approximate surface area is 86.1 Å². The first-order valence-corrected chi connectivity index (χ1v) is 4.27. The third kappa shape index (κ3) is 1.58. The van der Waals surface area contributed by atoms with E-state index in [1.807, 2.05) is 0 Å². The second-order valence-corrected chi connectivity index (χ2v) is 3.12. The van der Waals surface area contributed by atoms with E-state index in [2.05, 4.69) is 4.74 Å². The summed E-state index contributed by atoms with van der Waals surface area (Å²) in [4.78, 5) is 34.6. The average molecular weight is 213 g/mol. The molecule has 1 aliphatic heterocycles. The standard InChI is InChI=1S/C9H11NO5/c1-4-7(12)6(9(14)15-3)8(13)10(4)5(2)11/h4,12H,1-3H3/t4-/m0/s1. The summed E-state index contributed by atoms with van der Waals surface area (Å²) in [6.07, 6.45) is 0. The molecule has 0 fully saturated rings. The highest BCUT2D eigenvalue weighted by molar-refractivity contribution is 6.22. The minimum absolute atomic E-state index is 0.429. The topological polar surface area (TPSA) is 83.9 Å². The Morgan fingerprint density at radius 2 is 2.00 bits per heavy atom. The van der Waals surface area contributed by atoms with Gasteiger partial charge in [0, 0.05) is 6.92 Å². The quantitative estimate of drug-likeness (QED) is 0.479. The van der Waals surface area contributed by atoms with Gasteiger partial charge in [-0.1, -0.05) is 0 Å². The van der Waals surface area contributed by atoms with Crippen molar-refractivity contribution in [1.29, 1.82) is 0 Å². The van der Waals surface area contributed by atoms with Gasteiger partial charge in [0.2, 0.25) is 5.91 Å². The Hall–Kier alpha value is -1.85. The van der Waals surface area contributed by atoms with E-state index < -0.39 is 35.2 Å². The highest BCUT2D eigenvalue weighted by Crippen LogP contribution is 2.24. The van der Waals surface area contributed by atoms with Crippen molar-refractivity contribution < 1.29 is 24.2 Å². The molecule has 15 heavy (non-hydrogen) atoms. The summed E-state index contributed by atoms with van der Waals surface area (Å²) in [5.74, 6) is -2.72. The van der Waals surface area contributed by atoms with Crippen LogP contribution < -0.4 is 0 Å². The average Bonchev–Trinajstić information content (AvgIpc) is 2.37. The molecular weight excluding hydrogens is 202 g/mol. The highest BCUT2D eigenvalue weighted by atomic mass is 16.5. The number of hydrogen-bond acceptors (Lipinski definition) is 5. The predicted octanol–water partition coefficient (Wildman–Crippen LogP) is -0.251. The largest absolute Gasteiger partial charge is 0.509 e. The van der Waals surface area contributed by atoms with Gasteiger partial charge in [-0.3, -0.25) is 14.5 Å². The summed E-state index contributed by atoms with van der Waals surface area (Å²) >= 11 is 0. The van der Waals surface area contributed by atoms with E-state index in [4.69, 9.17) is 0 Å². The molecule has 0 spiro atoms. The monoisotopic (exact) mass is 213 g/mol. The lowest BCUT2D eigenvalue weighted by atomic mass is 10.2. The van der Waals surface area contributed by atoms with Gasteiger partial charge in [-0.15, -0.1) is 0 Å². The van der Waals surface area contributed by atoms with Crippen LogP contribution in [0, 0.1) is 0 Å². The van der Waals surface area contributed by atoms with Crippen LogP contribution in [0.2, 0.25) is 0 Å². The van der Waals surface area contributed by atoms with E-state index in [9.17, 15) is 19.5 Å². The molecule has 6 heteroatoms. The van der Waals surface area contributed by atoms with Crippen LogP contribution in [0.25, 0.3) is 0 Å². The van der Waals surface area contributed by atoms with E-state index in [1.165, 1.54) is 13.8 Å². The Bertz CT molecular complexity index is 371. The van der Waals surface area contributed by atoms with Gasteiger partial charge in [-0.2, -0.15) is 0 Å². The number of aliphatic hydroxyl groups excluding tert-OH is 1. The number of carbonyl (C=O) groups excluding carboxylic acids is 3. The van der Waals surface area contributed by atoms with Crippen LogP contribution in [0.1, 0.15) is 13.8 Å². The first kappa shape index (κ1) is 11.2. The van der Waals surface area contributed by atoms with Crippen molar-refractivity contribution in [2.24, 2.45) is 0 Å². The van der Waals surface area contributed by atoms with Gasteiger partial charge in [0.15, 0.2) is 5.57 Å². The van der Waals surface area contributed by atoms with Crippen molar-refractivity contribution in [2.45, 2.75) is 19.9 Å². The Morgan fingerprint density at radius 1 is 1.47 bits per heavy atom. The number of rotatable bonds is 1. The first-order valence-electron chi connectivity index (χ1n) is 4.27. The number of nitrogens with zero attached hydrogens (tertiary/aromatic N) is 1. The fourth-order valence-corrected chi connectivity index (χ4v) is 1.45. The molecule has 1 heterocycles. The van der Waals surface area contributed by atoms with Crippen LogP contribution >= 0.6 is 0 Å². The first-order chi connectivity index (χ1) is 6.91. The van der Waals surface area contributed by atoms with Crippen molar-refractivity contribution in [3.05, 3.63) is 11.3 Å². The molecule has 0 aromatic carbocycles. The summed E-state index contributed by atoms with van der Waals surface area (Å²) in [5, 5.41) is 9.51. The Kier molecular flexibility index (Phi) is 2.78. The fourth-order valence-electron chi connectivity index (χ4n) is 1.45. The maximum absolute atomic E-state index is 11.6. The second-order valence-electron chi connectivity index (χ2n) is 3.12. The maximum Gasteiger partial charge on any atom is 0.347 e. The molecule has 82 valence electrons. The number of methoxy groups -OCH3 is 1. The van der Waals surface area contributed by atoms with Crippen molar-refractivity contribution in [2.75, 3.05) is 7.11 Å². The molecule has 1 N–H and O–H groups in total. The molecule has 1 rings (SSSR count). The van der Waals surface area contributed by atoms with Gasteiger partial charge < -0.3 is 9.84 Å². The maximum atomic E-state index is 11.6. The molecule has 0 unspecified atom stereocenters. The molecule has 0 bridgehead atoms. The van der Waals surface area contributed by atoms with E-state index in [-0.39, 0.29) is 0 Å². The van der Waals surface area contributed by atoms with Gasteiger partial charge in [0.1, 0.15) is 5.76 Å². The molecule has 6 nitrogen and oxygen atoms in total. The zero-order chi connectivity index (χ0) is 11.7. The van der Waals surface area contributed by atoms with Crippen LogP contribution in [0.3, 0.4) is 0 Å². The van der Waals surface area contributed by atoms with Crippen molar-refractivity contribution in [3.8, 4) is 0 Å². The molecule has 1 aliphatic rings. The number of aliphatic hydroxyl groups is 1. The van der Waals surface area contributed by atoms with Gasteiger partial charge in [0.25, 0.3) is 5.91 Å². The van der Waals surface area contributed by atoms with Crippen LogP contribution in [0.4, 0.5) is 0 Å². The lowest BCUT2D eigenvalue weighted by Gasteiger charge is -2.17. The van der Waals surface area contributed by atoms with Gasteiger partial charge in [-0.05, 0) is 6.92 Å². The molecule has 1 atom stereocenters. The predicted molar refractivity (Wildman–Crippen MR) is 48.7 cm³/mol. The fraction of sp³-hybridized carbons (Fsp3) is 0.444. The van der Waals surface area contributed by atoms with Gasteiger partial charge in [-0.25, -0.2) is 4.79 Å². The third-order valence-corrected chi connectivity index (χ3v) is 2.20. The summed E-state index contributed by atoms with van der Waals surface area (Å²) in [5.41, 5.74) is -0.472. The van der Waals surface area contributed by atoms with Gasteiger partial charge in [0.05, 0.1) is 13.2 Å². The third-order valence-electron chi connectivity index (χ3n) is 2.20. The molecule has 2 amide bonds. The summed E-state index contributed by atoms with van der Waals surface area (Å²) in [6.45, 7) is 2.63. The number of carbonyl (C=O) groups is 3. The van der Waals surface area contributed by atoms with E-state index in [1.54, 1.807) is 0 Å². The number of hydrogen-bond donors (Lipinski definition) is 1. The number of ether oxygens (including phenoxy) is 1. The number of imide groups is 1. The van der Waals surface area contributed by atoms with Crippen LogP contribution in [0.15, 0.2) is 11.3 Å². The van der Waals surface area contributed by atoms with Crippen LogP contribution in [-0.4, -0.2) is 40.9 Å². The normalized spacial score (nSPS) is 20.9. The summed E-state index contributed by atoms with van der Waals surface area (Å²) in [7, 11) is 1.09. The minimum atomic E-state index is -0.937. The van der Waals surface area contributed by atoms with E-state index in [0.29, 0.717) is 0 Å². The minimum Gasteiger partial charge on any atom is -0.509 e. The molecule has 0 aromatic heterocycles. The molecule has 0 aromatic rings. The van der Waals surface area contributed by atoms with Crippen molar-refractivity contribution >= 4 is 17.8 Å². The molecular formula is C9H11NO5. The summed E-state index contributed by atoms with van der Waals surface area (Å²) < 4.78 is 4.34. The highest BCUT2D eigenvalue weighted by Gasteiger charge is 2.43. The smallest absolute Gasteiger partial charge is 0.347 e. The Balaban J connectivity index is 3.14. The van der Waals surface area contributed by atoms with E-state index >= 15 is 0 Å². The lowest BCUT2D eigenvalue weighted by Crippen LogP contribution is -2.38. The SMILES string of the molecule is COC(=O)C1=C(O)[C@H](C)N(C(C)=O)C1=O. The molecule has 0 aliphatic carbocycles. The number of esters is 1. The molecule has 0 saturated carbocycles. The zero-order valence-corrected chi connectivity index (χ0v) is 8.60. The van der Waals surface area contributed by atoms with Crippen molar-refractivity contribution in [1.82, 2.24) is 4.90 Å². The lowest BCUT2D eigenvalue weighted by molar-refractivity contribution is -0.143. The zero-order valence-electron chi connectivity index (χ0n) is 8.60. The molecule has 0 radical (unpaired) electrons. The van der Waals surface area contributed by atoms with Gasteiger partial charge >= 0.3 is 5.97 Å².